The minimum atomic E-state index is -0.0769. The van der Waals surface area contributed by atoms with Crippen LogP contribution < -0.4 is 14.4 Å². The molecule has 1 saturated heterocycles. The molecule has 0 atom stereocenters. The fraction of sp³-hybridized carbons (Fsp3) is 0.393. The van der Waals surface area contributed by atoms with Gasteiger partial charge in [0.05, 0.1) is 14.2 Å². The number of carbonyl (C=O) groups is 1. The van der Waals surface area contributed by atoms with Crippen LogP contribution in [-0.4, -0.2) is 61.2 Å². The molecule has 1 amide bonds. The number of hydrogen-bond acceptors (Lipinski definition) is 6. The second-order valence-corrected chi connectivity index (χ2v) is 8.85. The van der Waals surface area contributed by atoms with Gasteiger partial charge >= 0.3 is 0 Å². The molecule has 0 N–H and O–H groups in total. The molecule has 0 bridgehead atoms. The number of methoxy groups -OCH3 is 2. The van der Waals surface area contributed by atoms with Crippen molar-refractivity contribution in [1.82, 2.24) is 14.9 Å². The minimum Gasteiger partial charge on any atom is -0.496 e. The number of amides is 1. The first-order valence-corrected chi connectivity index (χ1v) is 12.1. The summed E-state index contributed by atoms with van der Waals surface area (Å²) in [6.45, 7) is 8.77. The largest absolute Gasteiger partial charge is 0.496 e. The first kappa shape index (κ1) is 24.5. The van der Waals surface area contributed by atoms with Gasteiger partial charge in [0.2, 0.25) is 0 Å². The first-order valence-electron chi connectivity index (χ1n) is 12.1. The van der Waals surface area contributed by atoms with Crippen molar-refractivity contribution in [3.63, 3.8) is 0 Å². The number of aryl methyl sites for hydroxylation is 3. The second-order valence-electron chi connectivity index (χ2n) is 8.85. The zero-order chi connectivity index (χ0) is 24.9. The van der Waals surface area contributed by atoms with Crippen LogP contribution in [0, 0.1) is 13.8 Å². The topological polar surface area (TPSA) is 67.8 Å². The number of aromatic nitrogens is 2. The van der Waals surface area contributed by atoms with Gasteiger partial charge in [-0.3, -0.25) is 4.79 Å². The fourth-order valence-corrected chi connectivity index (χ4v) is 4.62. The van der Waals surface area contributed by atoms with E-state index in [-0.39, 0.29) is 5.91 Å². The SMILES string of the molecule is CCc1nc(C)nc(N2CCN(C(=O)c3c(OC)cccc3OC)CC2)c1Cc1ccc(C)cc1. The van der Waals surface area contributed by atoms with E-state index < -0.39 is 0 Å². The van der Waals surface area contributed by atoms with Gasteiger partial charge in [-0.1, -0.05) is 42.8 Å². The number of rotatable bonds is 7. The van der Waals surface area contributed by atoms with Gasteiger partial charge in [0, 0.05) is 43.9 Å². The maximum atomic E-state index is 13.4. The molecular weight excluding hydrogens is 440 g/mol. The molecule has 1 aromatic heterocycles. The lowest BCUT2D eigenvalue weighted by atomic mass is 10.0. The molecule has 0 aliphatic carbocycles. The zero-order valence-corrected chi connectivity index (χ0v) is 21.3. The quantitative estimate of drug-likeness (QED) is 0.511. The average molecular weight is 475 g/mol. The Bertz CT molecular complexity index is 1160. The van der Waals surface area contributed by atoms with E-state index in [1.807, 2.05) is 17.9 Å². The average Bonchev–Trinajstić information content (AvgIpc) is 2.89. The number of piperazine rings is 1. The summed E-state index contributed by atoms with van der Waals surface area (Å²) in [6, 6.07) is 14.0. The van der Waals surface area contributed by atoms with Gasteiger partial charge in [-0.05, 0) is 38.0 Å². The predicted molar refractivity (Wildman–Crippen MR) is 138 cm³/mol. The number of carbonyl (C=O) groups excluding carboxylic acids is 1. The minimum absolute atomic E-state index is 0.0769. The molecule has 3 aromatic rings. The molecule has 35 heavy (non-hydrogen) atoms. The highest BCUT2D eigenvalue weighted by Crippen LogP contribution is 2.31. The lowest BCUT2D eigenvalue weighted by molar-refractivity contribution is 0.0739. The van der Waals surface area contributed by atoms with Gasteiger partial charge in [-0.15, -0.1) is 0 Å². The van der Waals surface area contributed by atoms with Gasteiger partial charge in [0.25, 0.3) is 5.91 Å². The van der Waals surface area contributed by atoms with E-state index >= 15 is 0 Å². The number of nitrogens with zero attached hydrogens (tertiary/aromatic N) is 4. The van der Waals surface area contributed by atoms with Crippen molar-refractivity contribution >= 4 is 11.7 Å². The lowest BCUT2D eigenvalue weighted by Gasteiger charge is -2.37. The summed E-state index contributed by atoms with van der Waals surface area (Å²) in [4.78, 5) is 27.2. The first-order chi connectivity index (χ1) is 16.9. The maximum Gasteiger partial charge on any atom is 0.261 e. The summed E-state index contributed by atoms with van der Waals surface area (Å²) in [7, 11) is 3.14. The molecule has 0 spiro atoms. The Balaban J connectivity index is 1.57. The van der Waals surface area contributed by atoms with Crippen molar-refractivity contribution < 1.29 is 14.3 Å². The van der Waals surface area contributed by atoms with Crippen molar-refractivity contribution in [1.29, 1.82) is 0 Å². The van der Waals surface area contributed by atoms with Gasteiger partial charge < -0.3 is 19.3 Å². The van der Waals surface area contributed by atoms with Gasteiger partial charge in [0.1, 0.15) is 28.7 Å². The lowest BCUT2D eigenvalue weighted by Crippen LogP contribution is -2.49. The Hall–Kier alpha value is -3.61. The highest BCUT2D eigenvalue weighted by atomic mass is 16.5. The standard InChI is InChI=1S/C28H34N4O3/c1-6-23-22(18-21-12-10-19(2)11-13-21)27(30-20(3)29-23)31-14-16-32(17-15-31)28(33)26-24(34-4)8-7-9-25(26)35-5/h7-13H,6,14-18H2,1-5H3. The summed E-state index contributed by atoms with van der Waals surface area (Å²) in [5.41, 5.74) is 5.23. The van der Waals surface area contributed by atoms with Crippen LogP contribution in [0.1, 0.15) is 45.5 Å². The fourth-order valence-electron chi connectivity index (χ4n) is 4.62. The van der Waals surface area contributed by atoms with Crippen LogP contribution in [0.15, 0.2) is 42.5 Å². The number of hydrogen-bond donors (Lipinski definition) is 0. The van der Waals surface area contributed by atoms with Crippen LogP contribution in [0.2, 0.25) is 0 Å². The van der Waals surface area contributed by atoms with Crippen LogP contribution in [0.5, 0.6) is 11.5 Å². The molecule has 1 aliphatic heterocycles. The van der Waals surface area contributed by atoms with Crippen molar-refractivity contribution in [3.05, 3.63) is 76.2 Å². The van der Waals surface area contributed by atoms with E-state index in [1.54, 1.807) is 26.4 Å². The zero-order valence-electron chi connectivity index (χ0n) is 21.3. The molecule has 1 fully saturated rings. The molecule has 7 nitrogen and oxygen atoms in total. The van der Waals surface area contributed by atoms with Crippen LogP contribution in [0.3, 0.4) is 0 Å². The molecule has 4 rings (SSSR count). The van der Waals surface area contributed by atoms with Crippen molar-refractivity contribution in [2.45, 2.75) is 33.6 Å². The monoisotopic (exact) mass is 474 g/mol. The third-order valence-electron chi connectivity index (χ3n) is 6.53. The van der Waals surface area contributed by atoms with Crippen LogP contribution >= 0.6 is 0 Å². The number of benzene rings is 2. The van der Waals surface area contributed by atoms with E-state index in [9.17, 15) is 4.79 Å². The molecule has 0 saturated carbocycles. The van der Waals surface area contributed by atoms with Crippen molar-refractivity contribution in [2.24, 2.45) is 0 Å². The molecule has 184 valence electrons. The van der Waals surface area contributed by atoms with Crippen LogP contribution in [0.4, 0.5) is 5.82 Å². The van der Waals surface area contributed by atoms with Crippen LogP contribution in [0.25, 0.3) is 0 Å². The van der Waals surface area contributed by atoms with E-state index in [0.717, 1.165) is 30.2 Å². The number of ether oxygens (including phenoxy) is 2. The number of anilines is 1. The highest BCUT2D eigenvalue weighted by Gasteiger charge is 2.29. The third kappa shape index (κ3) is 5.24. The molecule has 2 heterocycles. The van der Waals surface area contributed by atoms with E-state index in [1.165, 1.54) is 16.7 Å². The second kappa shape index (κ2) is 10.8. The molecular formula is C28H34N4O3. The van der Waals surface area contributed by atoms with Crippen LogP contribution in [-0.2, 0) is 12.8 Å². The Kier molecular flexibility index (Phi) is 7.54. The van der Waals surface area contributed by atoms with Crippen molar-refractivity contribution in [2.75, 3.05) is 45.3 Å². The summed E-state index contributed by atoms with van der Waals surface area (Å²) < 4.78 is 10.9. The Labute approximate surface area is 207 Å². The van der Waals surface area contributed by atoms with Crippen molar-refractivity contribution in [3.8, 4) is 11.5 Å². The Morgan fingerprint density at radius 2 is 1.54 bits per heavy atom. The summed E-state index contributed by atoms with van der Waals surface area (Å²) in [6.07, 6.45) is 1.64. The predicted octanol–water partition coefficient (Wildman–Crippen LogP) is 4.23. The highest BCUT2D eigenvalue weighted by molar-refractivity contribution is 5.99. The molecule has 7 heteroatoms. The smallest absolute Gasteiger partial charge is 0.261 e. The van der Waals surface area contributed by atoms with E-state index in [0.29, 0.717) is 43.2 Å². The molecule has 0 unspecified atom stereocenters. The molecule has 2 aromatic carbocycles. The summed E-state index contributed by atoms with van der Waals surface area (Å²) >= 11 is 0. The third-order valence-corrected chi connectivity index (χ3v) is 6.53. The van der Waals surface area contributed by atoms with Gasteiger partial charge in [-0.2, -0.15) is 0 Å². The molecule has 0 radical (unpaired) electrons. The normalized spacial score (nSPS) is 13.6. The Morgan fingerprint density at radius 3 is 2.11 bits per heavy atom. The summed E-state index contributed by atoms with van der Waals surface area (Å²) in [5, 5.41) is 0. The Morgan fingerprint density at radius 1 is 0.914 bits per heavy atom. The van der Waals surface area contributed by atoms with E-state index in [4.69, 9.17) is 19.4 Å². The maximum absolute atomic E-state index is 13.4. The molecule has 1 aliphatic rings. The van der Waals surface area contributed by atoms with Gasteiger partial charge in [-0.25, -0.2) is 9.97 Å². The van der Waals surface area contributed by atoms with Gasteiger partial charge in [0.15, 0.2) is 0 Å². The summed E-state index contributed by atoms with van der Waals surface area (Å²) in [5.74, 6) is 2.73. The van der Waals surface area contributed by atoms with E-state index in [2.05, 4.69) is 43.0 Å².